The summed E-state index contributed by atoms with van der Waals surface area (Å²) in [5.41, 5.74) is 4.56. The van der Waals surface area contributed by atoms with Crippen molar-refractivity contribution in [2.75, 3.05) is 13.1 Å². The number of piperidine rings is 1. The molecule has 2 aromatic heterocycles. The average Bonchev–Trinajstić information content (AvgIpc) is 3.32. The molecule has 0 radical (unpaired) electrons. The average molecular weight is 405 g/mol. The van der Waals surface area contributed by atoms with Gasteiger partial charge in [0, 0.05) is 48.2 Å². The molecule has 3 heterocycles. The molecule has 0 unspecified atom stereocenters. The molecule has 5 rings (SSSR count). The first kappa shape index (κ1) is 18.3. The lowest BCUT2D eigenvalue weighted by Gasteiger charge is -2.31. The summed E-state index contributed by atoms with van der Waals surface area (Å²) in [5, 5.41) is 12.7. The van der Waals surface area contributed by atoms with Gasteiger partial charge in [0.05, 0.1) is 10.2 Å². The monoisotopic (exact) mass is 404 g/mol. The zero-order chi connectivity index (χ0) is 19.8. The maximum absolute atomic E-state index is 11.4. The number of nitrogens with zero attached hydrogens (tertiary/aromatic N) is 2. The highest BCUT2D eigenvalue weighted by atomic mass is 32.1. The molecule has 1 saturated heterocycles. The van der Waals surface area contributed by atoms with Gasteiger partial charge >= 0.3 is 0 Å². The van der Waals surface area contributed by atoms with Gasteiger partial charge in [-0.3, -0.25) is 9.89 Å². The van der Waals surface area contributed by atoms with E-state index in [9.17, 15) is 4.79 Å². The van der Waals surface area contributed by atoms with Crippen molar-refractivity contribution in [3.63, 3.8) is 0 Å². The Kier molecular flexibility index (Phi) is 4.81. The topological polar surface area (TPSA) is 61.0 Å². The van der Waals surface area contributed by atoms with Crippen LogP contribution >= 0.6 is 11.3 Å². The van der Waals surface area contributed by atoms with Crippen LogP contribution in [0.5, 0.6) is 0 Å². The normalized spacial score (nSPS) is 15.4. The molecule has 0 saturated carbocycles. The summed E-state index contributed by atoms with van der Waals surface area (Å²) in [6, 6.07) is 17.6. The van der Waals surface area contributed by atoms with E-state index in [0.717, 1.165) is 49.2 Å². The van der Waals surface area contributed by atoms with Crippen molar-refractivity contribution in [1.29, 1.82) is 0 Å². The SMILES string of the molecule is CC(=O)N1CCC(NCc2ccc(-c3n[nH]c4c3sc3ccccc34)cc2)CC1. The first-order chi connectivity index (χ1) is 14.2. The van der Waals surface area contributed by atoms with Gasteiger partial charge in [-0.1, -0.05) is 42.5 Å². The van der Waals surface area contributed by atoms with E-state index in [0.29, 0.717) is 6.04 Å². The number of hydrogen-bond acceptors (Lipinski definition) is 4. The molecule has 148 valence electrons. The number of H-pyrrole nitrogens is 1. The van der Waals surface area contributed by atoms with Crippen molar-refractivity contribution < 1.29 is 4.79 Å². The number of nitrogens with one attached hydrogen (secondary N) is 2. The predicted octanol–water partition coefficient (Wildman–Crippen LogP) is 4.55. The van der Waals surface area contributed by atoms with E-state index >= 15 is 0 Å². The third-order valence-electron chi connectivity index (χ3n) is 5.85. The Morgan fingerprint density at radius 3 is 2.69 bits per heavy atom. The van der Waals surface area contributed by atoms with Crippen molar-refractivity contribution in [1.82, 2.24) is 20.4 Å². The number of rotatable bonds is 4. The van der Waals surface area contributed by atoms with Gasteiger partial charge in [-0.15, -0.1) is 11.3 Å². The standard InChI is InChI=1S/C23H24N4OS/c1-15(28)27-12-10-18(11-13-27)24-14-16-6-8-17(9-7-16)21-23-22(26-25-21)19-4-2-3-5-20(19)29-23/h2-9,18,24H,10-14H2,1H3,(H,25,26). The number of carbonyl (C=O) groups is 1. The largest absolute Gasteiger partial charge is 0.343 e. The molecule has 6 heteroatoms. The van der Waals surface area contributed by atoms with Crippen LogP contribution < -0.4 is 5.32 Å². The highest BCUT2D eigenvalue weighted by Gasteiger charge is 2.20. The van der Waals surface area contributed by atoms with Crippen LogP contribution in [0.1, 0.15) is 25.3 Å². The van der Waals surface area contributed by atoms with Gasteiger partial charge in [0.15, 0.2) is 0 Å². The second-order valence-electron chi connectivity index (χ2n) is 7.73. The van der Waals surface area contributed by atoms with Crippen LogP contribution in [0.2, 0.25) is 0 Å². The number of aromatic nitrogens is 2. The van der Waals surface area contributed by atoms with E-state index in [1.54, 1.807) is 18.3 Å². The van der Waals surface area contributed by atoms with Crippen molar-refractivity contribution in [3.8, 4) is 11.3 Å². The molecule has 29 heavy (non-hydrogen) atoms. The Labute approximate surface area is 173 Å². The third-order valence-corrected chi connectivity index (χ3v) is 7.03. The van der Waals surface area contributed by atoms with Crippen LogP contribution in [0, 0.1) is 0 Å². The lowest BCUT2D eigenvalue weighted by atomic mass is 10.0. The van der Waals surface area contributed by atoms with Crippen molar-refractivity contribution in [2.24, 2.45) is 0 Å². The maximum Gasteiger partial charge on any atom is 0.219 e. The fourth-order valence-electron chi connectivity index (χ4n) is 4.12. The second-order valence-corrected chi connectivity index (χ2v) is 8.78. The van der Waals surface area contributed by atoms with Crippen molar-refractivity contribution in [2.45, 2.75) is 32.4 Å². The third kappa shape index (κ3) is 3.54. The van der Waals surface area contributed by atoms with E-state index in [2.05, 4.69) is 64.0 Å². The van der Waals surface area contributed by atoms with E-state index in [1.165, 1.54) is 20.3 Å². The van der Waals surface area contributed by atoms with Gasteiger partial charge in [0.25, 0.3) is 0 Å². The molecule has 2 aromatic carbocycles. The van der Waals surface area contributed by atoms with Gasteiger partial charge in [-0.25, -0.2) is 0 Å². The van der Waals surface area contributed by atoms with Crippen LogP contribution in [-0.4, -0.2) is 40.1 Å². The Balaban J connectivity index is 1.27. The Hall–Kier alpha value is -2.70. The van der Waals surface area contributed by atoms with Crippen LogP contribution in [0.4, 0.5) is 0 Å². The number of benzene rings is 2. The molecule has 1 aliphatic rings. The van der Waals surface area contributed by atoms with Crippen LogP contribution in [-0.2, 0) is 11.3 Å². The Bertz CT molecular complexity index is 1150. The molecule has 2 N–H and O–H groups in total. The second kappa shape index (κ2) is 7.61. The van der Waals surface area contributed by atoms with Crippen molar-refractivity contribution in [3.05, 3.63) is 54.1 Å². The number of thiophene rings is 1. The van der Waals surface area contributed by atoms with Gasteiger partial charge in [0.1, 0.15) is 5.69 Å². The van der Waals surface area contributed by atoms with Gasteiger partial charge in [-0.05, 0) is 24.5 Å². The molecular formula is C23H24N4OS. The van der Waals surface area contributed by atoms with Gasteiger partial charge < -0.3 is 10.2 Å². The zero-order valence-corrected chi connectivity index (χ0v) is 17.3. The molecular weight excluding hydrogens is 380 g/mol. The molecule has 0 aliphatic carbocycles. The number of hydrogen-bond donors (Lipinski definition) is 2. The van der Waals surface area contributed by atoms with E-state index < -0.39 is 0 Å². The minimum absolute atomic E-state index is 0.185. The van der Waals surface area contributed by atoms with Gasteiger partial charge in [0.2, 0.25) is 5.91 Å². The van der Waals surface area contributed by atoms with Crippen molar-refractivity contribution >= 4 is 37.5 Å². The number of likely N-dealkylation sites (tertiary alicyclic amines) is 1. The van der Waals surface area contributed by atoms with Crippen LogP contribution in [0.3, 0.4) is 0 Å². The quantitative estimate of drug-likeness (QED) is 0.525. The molecule has 0 spiro atoms. The molecule has 1 aliphatic heterocycles. The number of carbonyl (C=O) groups excluding carboxylic acids is 1. The smallest absolute Gasteiger partial charge is 0.219 e. The zero-order valence-electron chi connectivity index (χ0n) is 16.4. The first-order valence-electron chi connectivity index (χ1n) is 10.1. The summed E-state index contributed by atoms with van der Waals surface area (Å²) >= 11 is 1.79. The van der Waals surface area contributed by atoms with E-state index in [1.807, 2.05) is 4.90 Å². The number of aromatic amines is 1. The summed E-state index contributed by atoms with van der Waals surface area (Å²) < 4.78 is 2.50. The first-order valence-corrected chi connectivity index (χ1v) is 10.9. The molecule has 1 amide bonds. The summed E-state index contributed by atoms with van der Waals surface area (Å²) in [6.45, 7) is 4.22. The minimum Gasteiger partial charge on any atom is -0.343 e. The molecule has 1 fully saturated rings. The molecule has 0 atom stereocenters. The fraction of sp³-hybridized carbons (Fsp3) is 0.304. The predicted molar refractivity (Wildman–Crippen MR) is 119 cm³/mol. The summed E-state index contributed by atoms with van der Waals surface area (Å²) in [6.07, 6.45) is 2.05. The highest BCUT2D eigenvalue weighted by molar-refractivity contribution is 7.26. The number of fused-ring (bicyclic) bond motifs is 3. The van der Waals surface area contributed by atoms with Crippen LogP contribution in [0.15, 0.2) is 48.5 Å². The highest BCUT2D eigenvalue weighted by Crippen LogP contribution is 2.38. The molecule has 0 bridgehead atoms. The molecule has 5 nitrogen and oxygen atoms in total. The minimum atomic E-state index is 0.185. The Morgan fingerprint density at radius 2 is 1.93 bits per heavy atom. The summed E-state index contributed by atoms with van der Waals surface area (Å²) in [5.74, 6) is 0.185. The lowest BCUT2D eigenvalue weighted by molar-refractivity contribution is -0.129. The Morgan fingerprint density at radius 1 is 1.17 bits per heavy atom. The van der Waals surface area contributed by atoms with E-state index in [-0.39, 0.29) is 5.91 Å². The summed E-state index contributed by atoms with van der Waals surface area (Å²) in [7, 11) is 0. The van der Waals surface area contributed by atoms with Crippen LogP contribution in [0.25, 0.3) is 31.6 Å². The van der Waals surface area contributed by atoms with Gasteiger partial charge in [-0.2, -0.15) is 5.10 Å². The lowest BCUT2D eigenvalue weighted by Crippen LogP contribution is -2.43. The fourth-order valence-corrected chi connectivity index (χ4v) is 5.29. The number of amides is 1. The maximum atomic E-state index is 11.4. The summed E-state index contributed by atoms with van der Waals surface area (Å²) in [4.78, 5) is 13.4. The molecule has 4 aromatic rings. The van der Waals surface area contributed by atoms with E-state index in [4.69, 9.17) is 0 Å².